The second-order valence-electron chi connectivity index (χ2n) is 7.48. The van der Waals surface area contributed by atoms with Crippen LogP contribution in [-0.2, 0) is 23.4 Å². The lowest BCUT2D eigenvalue weighted by molar-refractivity contribution is 0.408. The maximum absolute atomic E-state index is 11.6. The quantitative estimate of drug-likeness (QED) is 0.375. The Balaban J connectivity index is 0.00000243. The van der Waals surface area contributed by atoms with E-state index >= 15 is 0 Å². The van der Waals surface area contributed by atoms with Crippen molar-refractivity contribution in [2.24, 2.45) is 18.0 Å². The van der Waals surface area contributed by atoms with Crippen molar-refractivity contribution in [2.75, 3.05) is 18.1 Å². The van der Waals surface area contributed by atoms with Gasteiger partial charge in [0.05, 0.1) is 18.1 Å². The first-order valence-corrected chi connectivity index (χ1v) is 11.2. The summed E-state index contributed by atoms with van der Waals surface area (Å²) >= 11 is 0. The van der Waals surface area contributed by atoms with E-state index in [0.29, 0.717) is 30.6 Å². The molecule has 0 spiro atoms. The van der Waals surface area contributed by atoms with Crippen LogP contribution >= 0.6 is 24.0 Å². The molecule has 0 radical (unpaired) electrons. The number of sulfone groups is 1. The standard InChI is InChI=1S/C18H30N4O2S.HI/c1-22-9-7-15(13-22)11-19-18(21-17-5-3-2-4-6-17)20-12-16-8-10-25(23,24)14-16;/h7,9,13,16-17H,2-6,8,10-12,14H2,1H3,(H2,19,20,21);1H. The average Bonchev–Trinajstić information content (AvgIpc) is 3.16. The van der Waals surface area contributed by atoms with E-state index in [1.165, 1.54) is 37.7 Å². The fraction of sp³-hybridized carbons (Fsp3) is 0.722. The molecule has 2 heterocycles. The number of guanidine groups is 1. The van der Waals surface area contributed by atoms with Gasteiger partial charge >= 0.3 is 0 Å². The first-order chi connectivity index (χ1) is 12.0. The first kappa shape index (κ1) is 21.5. The van der Waals surface area contributed by atoms with Gasteiger partial charge < -0.3 is 15.2 Å². The van der Waals surface area contributed by atoms with Crippen molar-refractivity contribution < 1.29 is 8.42 Å². The van der Waals surface area contributed by atoms with Crippen LogP contribution in [0.25, 0.3) is 0 Å². The molecule has 2 fully saturated rings. The number of nitrogens with zero attached hydrogens (tertiary/aromatic N) is 2. The lowest BCUT2D eigenvalue weighted by Gasteiger charge is -2.25. The third-order valence-electron chi connectivity index (χ3n) is 5.14. The van der Waals surface area contributed by atoms with E-state index in [-0.39, 0.29) is 29.9 Å². The Kier molecular flexibility index (Phi) is 8.25. The van der Waals surface area contributed by atoms with Crippen LogP contribution in [0.3, 0.4) is 0 Å². The molecule has 6 nitrogen and oxygen atoms in total. The zero-order valence-electron chi connectivity index (χ0n) is 15.5. The van der Waals surface area contributed by atoms with Crippen LogP contribution in [0.5, 0.6) is 0 Å². The van der Waals surface area contributed by atoms with Crippen LogP contribution in [0.2, 0.25) is 0 Å². The van der Waals surface area contributed by atoms with Crippen molar-refractivity contribution in [3.63, 3.8) is 0 Å². The van der Waals surface area contributed by atoms with Crippen LogP contribution in [-0.4, -0.2) is 43.0 Å². The SMILES string of the molecule is Cn1ccc(CN=C(NCC2CCS(=O)(=O)C2)NC2CCCCC2)c1.I. The summed E-state index contributed by atoms with van der Waals surface area (Å²) in [7, 11) is -0.819. The van der Waals surface area contributed by atoms with Crippen LogP contribution in [0.4, 0.5) is 0 Å². The molecule has 2 N–H and O–H groups in total. The van der Waals surface area contributed by atoms with Crippen LogP contribution in [0.15, 0.2) is 23.5 Å². The zero-order chi connectivity index (χ0) is 17.7. The molecule has 2 aliphatic rings. The lowest BCUT2D eigenvalue weighted by atomic mass is 9.96. The van der Waals surface area contributed by atoms with Crippen LogP contribution in [0, 0.1) is 5.92 Å². The van der Waals surface area contributed by atoms with E-state index in [1.54, 1.807) is 0 Å². The summed E-state index contributed by atoms with van der Waals surface area (Å²) in [6.07, 6.45) is 11.1. The number of hydrogen-bond donors (Lipinski definition) is 2. The second-order valence-corrected chi connectivity index (χ2v) is 9.71. The number of nitrogens with one attached hydrogen (secondary N) is 2. The van der Waals surface area contributed by atoms with E-state index in [1.807, 2.05) is 17.8 Å². The maximum atomic E-state index is 11.6. The predicted molar refractivity (Wildman–Crippen MR) is 117 cm³/mol. The molecule has 1 aromatic heterocycles. The molecular formula is C18H31IN4O2S. The molecule has 0 aromatic carbocycles. The number of aromatic nitrogens is 1. The van der Waals surface area contributed by atoms with Crippen LogP contribution < -0.4 is 10.6 Å². The van der Waals surface area contributed by atoms with Gasteiger partial charge in [0.25, 0.3) is 0 Å². The molecule has 3 rings (SSSR count). The topological polar surface area (TPSA) is 75.5 Å². The molecule has 1 saturated heterocycles. The van der Waals surface area contributed by atoms with Crippen molar-refractivity contribution in [1.82, 2.24) is 15.2 Å². The third kappa shape index (κ3) is 6.75. The van der Waals surface area contributed by atoms with Crippen molar-refractivity contribution >= 4 is 39.8 Å². The molecule has 26 heavy (non-hydrogen) atoms. The van der Waals surface area contributed by atoms with E-state index < -0.39 is 9.84 Å². The highest BCUT2D eigenvalue weighted by Crippen LogP contribution is 2.18. The van der Waals surface area contributed by atoms with Gasteiger partial charge in [-0.3, -0.25) is 0 Å². The Morgan fingerprint density at radius 3 is 2.65 bits per heavy atom. The highest BCUT2D eigenvalue weighted by molar-refractivity contribution is 14.0. The lowest BCUT2D eigenvalue weighted by Crippen LogP contribution is -2.45. The molecule has 1 saturated carbocycles. The van der Waals surface area contributed by atoms with Gasteiger partial charge in [-0.15, -0.1) is 24.0 Å². The third-order valence-corrected chi connectivity index (χ3v) is 6.98. The summed E-state index contributed by atoms with van der Waals surface area (Å²) < 4.78 is 25.3. The van der Waals surface area contributed by atoms with Crippen molar-refractivity contribution in [1.29, 1.82) is 0 Å². The molecule has 1 aliphatic heterocycles. The maximum Gasteiger partial charge on any atom is 0.191 e. The molecular weight excluding hydrogens is 463 g/mol. The molecule has 1 atom stereocenters. The molecule has 8 heteroatoms. The number of halogens is 1. The van der Waals surface area contributed by atoms with Gasteiger partial charge in [-0.05, 0) is 36.8 Å². The van der Waals surface area contributed by atoms with Gasteiger partial charge in [-0.2, -0.15) is 0 Å². The fourth-order valence-corrected chi connectivity index (χ4v) is 5.55. The molecule has 148 valence electrons. The Bertz CT molecular complexity index is 696. The van der Waals surface area contributed by atoms with E-state index in [9.17, 15) is 8.42 Å². The Morgan fingerprint density at radius 1 is 1.27 bits per heavy atom. The molecule has 1 aromatic rings. The smallest absolute Gasteiger partial charge is 0.191 e. The minimum Gasteiger partial charge on any atom is -0.357 e. The highest BCUT2D eigenvalue weighted by Gasteiger charge is 2.28. The van der Waals surface area contributed by atoms with Crippen molar-refractivity contribution in [2.45, 2.75) is 51.1 Å². The number of rotatable bonds is 5. The van der Waals surface area contributed by atoms with E-state index in [4.69, 9.17) is 4.99 Å². The molecule has 1 aliphatic carbocycles. The van der Waals surface area contributed by atoms with E-state index in [2.05, 4.69) is 22.9 Å². The van der Waals surface area contributed by atoms with E-state index in [0.717, 1.165) is 12.4 Å². The van der Waals surface area contributed by atoms with Crippen LogP contribution in [0.1, 0.15) is 44.1 Å². The Morgan fingerprint density at radius 2 is 2.04 bits per heavy atom. The second kappa shape index (κ2) is 9.96. The average molecular weight is 494 g/mol. The van der Waals surface area contributed by atoms with Gasteiger partial charge in [-0.1, -0.05) is 19.3 Å². The van der Waals surface area contributed by atoms with Gasteiger partial charge in [0.1, 0.15) is 0 Å². The Hall–Kier alpha value is -0.770. The summed E-state index contributed by atoms with van der Waals surface area (Å²) in [5.74, 6) is 1.64. The summed E-state index contributed by atoms with van der Waals surface area (Å²) in [5, 5.41) is 6.95. The molecule has 0 bridgehead atoms. The minimum atomic E-state index is -2.83. The summed E-state index contributed by atoms with van der Waals surface area (Å²) in [6.45, 7) is 1.30. The molecule has 1 unspecified atom stereocenters. The minimum absolute atomic E-state index is 0. The number of aliphatic imine (C=N–C) groups is 1. The zero-order valence-corrected chi connectivity index (χ0v) is 18.6. The van der Waals surface area contributed by atoms with Gasteiger partial charge in [0, 0.05) is 32.0 Å². The highest BCUT2D eigenvalue weighted by atomic mass is 127. The van der Waals surface area contributed by atoms with Crippen molar-refractivity contribution in [3.8, 4) is 0 Å². The summed E-state index contributed by atoms with van der Waals surface area (Å²) in [6, 6.07) is 2.55. The number of aryl methyl sites for hydroxylation is 1. The monoisotopic (exact) mass is 494 g/mol. The molecule has 0 amide bonds. The fourth-order valence-electron chi connectivity index (χ4n) is 3.69. The Labute approximate surface area is 174 Å². The predicted octanol–water partition coefficient (Wildman–Crippen LogP) is 2.45. The van der Waals surface area contributed by atoms with Crippen molar-refractivity contribution in [3.05, 3.63) is 24.0 Å². The van der Waals surface area contributed by atoms with Gasteiger partial charge in [-0.25, -0.2) is 13.4 Å². The largest absolute Gasteiger partial charge is 0.357 e. The van der Waals surface area contributed by atoms with Gasteiger partial charge in [0.2, 0.25) is 0 Å². The van der Waals surface area contributed by atoms with Gasteiger partial charge in [0.15, 0.2) is 15.8 Å². The normalized spacial score (nSPS) is 23.4. The number of hydrogen-bond acceptors (Lipinski definition) is 3. The first-order valence-electron chi connectivity index (χ1n) is 9.36. The summed E-state index contributed by atoms with van der Waals surface area (Å²) in [5.41, 5.74) is 1.18. The summed E-state index contributed by atoms with van der Waals surface area (Å²) in [4.78, 5) is 4.73.